The number of rotatable bonds is 3. The minimum absolute atomic E-state index is 0.216. The van der Waals surface area contributed by atoms with Gasteiger partial charge in [0.1, 0.15) is 11.5 Å². The molecule has 0 saturated heterocycles. The van der Waals surface area contributed by atoms with E-state index in [2.05, 4.69) is 5.32 Å². The second-order valence-corrected chi connectivity index (χ2v) is 4.21. The Kier molecular flexibility index (Phi) is 3.85. The molecule has 0 saturated carbocycles. The second kappa shape index (κ2) is 5.56. The summed E-state index contributed by atoms with van der Waals surface area (Å²) in [7, 11) is 0. The zero-order valence-electron chi connectivity index (χ0n) is 9.81. The number of hydrogen-bond acceptors (Lipinski definition) is 2. The Labute approximate surface area is 110 Å². The fourth-order valence-corrected chi connectivity index (χ4v) is 1.54. The van der Waals surface area contributed by atoms with Gasteiger partial charge in [-0.2, -0.15) is 0 Å². The molecule has 0 atom stereocenters. The Balaban J connectivity index is 1.96. The molecule has 92 valence electrons. The molecule has 0 aliphatic carbocycles. The lowest BCUT2D eigenvalue weighted by Crippen LogP contribution is -2.07. The van der Waals surface area contributed by atoms with E-state index in [9.17, 15) is 4.79 Å². The topological polar surface area (TPSA) is 42.2 Å². The standard InChI is InChI=1S/C14H12ClNO2/c1-10-2-7-13(18-10)8-9-14(17)16-12-5-3-11(15)4-6-12/h2-9H,1H3,(H,16,17)/b9-8+. The van der Waals surface area contributed by atoms with Crippen LogP contribution in [-0.4, -0.2) is 5.91 Å². The summed E-state index contributed by atoms with van der Waals surface area (Å²) in [5.41, 5.74) is 0.699. The Morgan fingerprint density at radius 1 is 1.22 bits per heavy atom. The van der Waals surface area contributed by atoms with Crippen LogP contribution >= 0.6 is 11.6 Å². The largest absolute Gasteiger partial charge is 0.462 e. The summed E-state index contributed by atoms with van der Waals surface area (Å²) >= 11 is 5.75. The maximum absolute atomic E-state index is 11.6. The monoisotopic (exact) mass is 261 g/mol. The van der Waals surface area contributed by atoms with Crippen LogP contribution in [-0.2, 0) is 4.79 Å². The molecule has 1 aromatic carbocycles. The third-order valence-corrected chi connectivity index (χ3v) is 2.52. The first-order valence-electron chi connectivity index (χ1n) is 5.44. The van der Waals surface area contributed by atoms with Crippen LogP contribution in [0.25, 0.3) is 6.08 Å². The van der Waals surface area contributed by atoms with Gasteiger partial charge in [-0.25, -0.2) is 0 Å². The van der Waals surface area contributed by atoms with Gasteiger partial charge in [-0.15, -0.1) is 0 Å². The van der Waals surface area contributed by atoms with Crippen molar-refractivity contribution in [2.75, 3.05) is 5.32 Å². The van der Waals surface area contributed by atoms with E-state index in [0.717, 1.165) is 5.76 Å². The zero-order valence-corrected chi connectivity index (χ0v) is 10.6. The van der Waals surface area contributed by atoms with Crippen molar-refractivity contribution in [3.05, 3.63) is 59.0 Å². The van der Waals surface area contributed by atoms with Gasteiger partial charge in [0.15, 0.2) is 0 Å². The van der Waals surface area contributed by atoms with Gasteiger partial charge >= 0.3 is 0 Å². The maximum atomic E-state index is 11.6. The van der Waals surface area contributed by atoms with Crippen molar-refractivity contribution < 1.29 is 9.21 Å². The lowest BCUT2D eigenvalue weighted by atomic mass is 10.3. The van der Waals surface area contributed by atoms with E-state index in [1.54, 1.807) is 36.4 Å². The highest BCUT2D eigenvalue weighted by Crippen LogP contribution is 2.13. The van der Waals surface area contributed by atoms with Crippen molar-refractivity contribution in [3.63, 3.8) is 0 Å². The molecule has 0 fully saturated rings. The van der Waals surface area contributed by atoms with Crippen molar-refractivity contribution in [1.29, 1.82) is 0 Å². The van der Waals surface area contributed by atoms with Gasteiger partial charge in [0.2, 0.25) is 5.91 Å². The first-order valence-corrected chi connectivity index (χ1v) is 5.82. The summed E-state index contributed by atoms with van der Waals surface area (Å²) in [6.45, 7) is 1.85. The van der Waals surface area contributed by atoms with E-state index in [0.29, 0.717) is 16.5 Å². The molecule has 1 heterocycles. The molecule has 2 rings (SSSR count). The number of halogens is 1. The average Bonchev–Trinajstić information content (AvgIpc) is 2.76. The van der Waals surface area contributed by atoms with Gasteiger partial charge < -0.3 is 9.73 Å². The van der Waals surface area contributed by atoms with E-state index in [1.807, 2.05) is 13.0 Å². The quantitative estimate of drug-likeness (QED) is 0.852. The zero-order chi connectivity index (χ0) is 13.0. The highest BCUT2D eigenvalue weighted by Gasteiger charge is 1.99. The van der Waals surface area contributed by atoms with Crippen molar-refractivity contribution in [2.24, 2.45) is 0 Å². The van der Waals surface area contributed by atoms with E-state index >= 15 is 0 Å². The van der Waals surface area contributed by atoms with Gasteiger partial charge in [0.05, 0.1) is 0 Å². The predicted octanol–water partition coefficient (Wildman–Crippen LogP) is 3.89. The van der Waals surface area contributed by atoms with Gasteiger partial charge in [-0.1, -0.05) is 11.6 Å². The van der Waals surface area contributed by atoms with E-state index in [-0.39, 0.29) is 5.91 Å². The molecule has 1 amide bonds. The van der Waals surface area contributed by atoms with E-state index < -0.39 is 0 Å². The molecule has 0 bridgehead atoms. The summed E-state index contributed by atoms with van der Waals surface area (Å²) < 4.78 is 5.32. The molecule has 18 heavy (non-hydrogen) atoms. The molecule has 0 aliphatic heterocycles. The van der Waals surface area contributed by atoms with Crippen LogP contribution in [0.1, 0.15) is 11.5 Å². The minimum Gasteiger partial charge on any atom is -0.462 e. The van der Waals surface area contributed by atoms with Crippen LogP contribution in [0.3, 0.4) is 0 Å². The summed E-state index contributed by atoms with van der Waals surface area (Å²) in [5.74, 6) is 1.25. The Bertz CT molecular complexity index is 570. The lowest BCUT2D eigenvalue weighted by Gasteiger charge is -2.01. The molecule has 0 spiro atoms. The summed E-state index contributed by atoms with van der Waals surface area (Å²) in [6.07, 6.45) is 3.05. The first kappa shape index (κ1) is 12.5. The van der Waals surface area contributed by atoms with Crippen molar-refractivity contribution in [3.8, 4) is 0 Å². The summed E-state index contributed by atoms with van der Waals surface area (Å²) in [5, 5.41) is 3.35. The molecule has 0 radical (unpaired) electrons. The van der Waals surface area contributed by atoms with Crippen molar-refractivity contribution >= 4 is 29.3 Å². The summed E-state index contributed by atoms with van der Waals surface area (Å²) in [6, 6.07) is 10.6. The fraction of sp³-hybridized carbons (Fsp3) is 0.0714. The molecule has 0 unspecified atom stereocenters. The van der Waals surface area contributed by atoms with Crippen LogP contribution in [0, 0.1) is 6.92 Å². The SMILES string of the molecule is Cc1ccc(/C=C/C(=O)Nc2ccc(Cl)cc2)o1. The third kappa shape index (κ3) is 3.50. The van der Waals surface area contributed by atoms with Crippen LogP contribution in [0.4, 0.5) is 5.69 Å². The number of nitrogens with one attached hydrogen (secondary N) is 1. The molecule has 1 aromatic heterocycles. The predicted molar refractivity (Wildman–Crippen MR) is 72.6 cm³/mol. The van der Waals surface area contributed by atoms with E-state index in [1.165, 1.54) is 6.08 Å². The van der Waals surface area contributed by atoms with Crippen LogP contribution in [0.2, 0.25) is 5.02 Å². The number of furan rings is 1. The number of hydrogen-bond donors (Lipinski definition) is 1. The number of anilines is 1. The normalized spacial score (nSPS) is 10.8. The number of benzene rings is 1. The lowest BCUT2D eigenvalue weighted by molar-refractivity contribution is -0.111. The number of amides is 1. The van der Waals surface area contributed by atoms with Gasteiger partial charge in [-0.05, 0) is 49.4 Å². The van der Waals surface area contributed by atoms with Gasteiger partial charge in [0, 0.05) is 16.8 Å². The Morgan fingerprint density at radius 2 is 1.94 bits per heavy atom. The van der Waals surface area contributed by atoms with Gasteiger partial charge in [0.25, 0.3) is 0 Å². The number of carbonyl (C=O) groups excluding carboxylic acids is 1. The van der Waals surface area contributed by atoms with Crippen molar-refractivity contribution in [1.82, 2.24) is 0 Å². The molecule has 1 N–H and O–H groups in total. The average molecular weight is 262 g/mol. The minimum atomic E-state index is -0.216. The molecular formula is C14H12ClNO2. The first-order chi connectivity index (χ1) is 8.63. The van der Waals surface area contributed by atoms with Crippen molar-refractivity contribution in [2.45, 2.75) is 6.92 Å². The smallest absolute Gasteiger partial charge is 0.248 e. The summed E-state index contributed by atoms with van der Waals surface area (Å²) in [4.78, 5) is 11.6. The van der Waals surface area contributed by atoms with Crippen LogP contribution < -0.4 is 5.32 Å². The van der Waals surface area contributed by atoms with Crippen LogP contribution in [0.5, 0.6) is 0 Å². The third-order valence-electron chi connectivity index (χ3n) is 2.27. The maximum Gasteiger partial charge on any atom is 0.248 e. The Morgan fingerprint density at radius 3 is 2.56 bits per heavy atom. The number of carbonyl (C=O) groups is 1. The fourth-order valence-electron chi connectivity index (χ4n) is 1.42. The highest BCUT2D eigenvalue weighted by molar-refractivity contribution is 6.30. The van der Waals surface area contributed by atoms with E-state index in [4.69, 9.17) is 16.0 Å². The number of aryl methyl sites for hydroxylation is 1. The molecule has 0 aliphatic rings. The molecule has 3 nitrogen and oxygen atoms in total. The molecule has 4 heteroatoms. The second-order valence-electron chi connectivity index (χ2n) is 3.78. The van der Waals surface area contributed by atoms with Crippen LogP contribution in [0.15, 0.2) is 46.9 Å². The highest BCUT2D eigenvalue weighted by atomic mass is 35.5. The molecule has 2 aromatic rings. The Hall–Kier alpha value is -2.00. The molecular weight excluding hydrogens is 250 g/mol. The van der Waals surface area contributed by atoms with Gasteiger partial charge in [-0.3, -0.25) is 4.79 Å².